The van der Waals surface area contributed by atoms with Crippen molar-refractivity contribution < 1.29 is 9.47 Å². The van der Waals surface area contributed by atoms with E-state index in [9.17, 15) is 0 Å². The van der Waals surface area contributed by atoms with Gasteiger partial charge >= 0.3 is 0 Å². The van der Waals surface area contributed by atoms with Crippen molar-refractivity contribution in [3.63, 3.8) is 0 Å². The first kappa shape index (κ1) is 19.0. The van der Waals surface area contributed by atoms with Crippen molar-refractivity contribution >= 4 is 0 Å². The van der Waals surface area contributed by atoms with E-state index in [0.29, 0.717) is 0 Å². The summed E-state index contributed by atoms with van der Waals surface area (Å²) in [6, 6.07) is 0. The van der Waals surface area contributed by atoms with Gasteiger partial charge in [0.05, 0.1) is 13.2 Å². The van der Waals surface area contributed by atoms with E-state index < -0.39 is 0 Å². The van der Waals surface area contributed by atoms with Crippen LogP contribution in [0.5, 0.6) is 0 Å². The summed E-state index contributed by atoms with van der Waals surface area (Å²) in [5.41, 5.74) is 0.278. The van der Waals surface area contributed by atoms with E-state index in [1.165, 1.54) is 64.2 Å². The molecule has 0 aliphatic heterocycles. The molecule has 1 saturated carbocycles. The number of unbranched alkanes of at least 4 members (excludes halogenated alkanes) is 3. The molecule has 21 heavy (non-hydrogen) atoms. The lowest BCUT2D eigenvalue weighted by atomic mass is 9.67. The summed E-state index contributed by atoms with van der Waals surface area (Å²) in [5, 5.41) is 0. The average Bonchev–Trinajstić information content (AvgIpc) is 2.54. The first-order chi connectivity index (χ1) is 10.3. The van der Waals surface area contributed by atoms with Gasteiger partial charge in [-0.15, -0.1) is 0 Å². The van der Waals surface area contributed by atoms with Crippen molar-refractivity contribution in [3.05, 3.63) is 0 Å². The third kappa shape index (κ3) is 6.69. The molecule has 0 bridgehead atoms. The van der Waals surface area contributed by atoms with E-state index in [2.05, 4.69) is 20.8 Å². The average molecular weight is 299 g/mol. The van der Waals surface area contributed by atoms with Gasteiger partial charge in [0.25, 0.3) is 0 Å². The molecule has 1 aliphatic carbocycles. The second-order valence-electron chi connectivity index (χ2n) is 6.78. The summed E-state index contributed by atoms with van der Waals surface area (Å²) < 4.78 is 11.9. The molecule has 0 heterocycles. The quantitative estimate of drug-likeness (QED) is 0.437. The van der Waals surface area contributed by atoms with Crippen LogP contribution in [-0.2, 0) is 9.47 Å². The molecule has 1 aliphatic rings. The molecule has 1 fully saturated rings. The molecule has 0 aromatic rings. The zero-order valence-corrected chi connectivity index (χ0v) is 14.8. The lowest BCUT2D eigenvalue weighted by Gasteiger charge is -2.42. The Bertz CT molecular complexity index is 226. The first-order valence-corrected chi connectivity index (χ1v) is 9.44. The smallest absolute Gasteiger partial charge is 0.0547 e. The van der Waals surface area contributed by atoms with Gasteiger partial charge in [-0.25, -0.2) is 0 Å². The maximum atomic E-state index is 5.93. The first-order valence-electron chi connectivity index (χ1n) is 9.44. The van der Waals surface area contributed by atoms with Crippen molar-refractivity contribution in [2.45, 2.75) is 85.0 Å². The summed E-state index contributed by atoms with van der Waals surface area (Å²) >= 11 is 0. The molecule has 126 valence electrons. The van der Waals surface area contributed by atoms with Gasteiger partial charge in [-0.05, 0) is 39.0 Å². The predicted octanol–water partition coefficient (Wildman–Crippen LogP) is 5.60. The Labute approximate surface area is 133 Å². The zero-order valence-electron chi connectivity index (χ0n) is 14.8. The Balaban J connectivity index is 2.68. The number of rotatable bonds is 12. The van der Waals surface area contributed by atoms with Crippen LogP contribution in [0.15, 0.2) is 0 Å². The van der Waals surface area contributed by atoms with E-state index in [1.54, 1.807) is 0 Å². The molecule has 0 atom stereocenters. The summed E-state index contributed by atoms with van der Waals surface area (Å²) in [7, 11) is 0. The largest absolute Gasteiger partial charge is 0.381 e. The highest BCUT2D eigenvalue weighted by atomic mass is 16.5. The van der Waals surface area contributed by atoms with Crippen LogP contribution in [0.4, 0.5) is 0 Å². The van der Waals surface area contributed by atoms with Gasteiger partial charge in [0.2, 0.25) is 0 Å². The topological polar surface area (TPSA) is 18.5 Å². The highest BCUT2D eigenvalue weighted by Gasteiger charge is 2.39. The van der Waals surface area contributed by atoms with E-state index in [4.69, 9.17) is 9.47 Å². The van der Waals surface area contributed by atoms with Gasteiger partial charge in [-0.3, -0.25) is 0 Å². The van der Waals surface area contributed by atoms with E-state index >= 15 is 0 Å². The van der Waals surface area contributed by atoms with Crippen molar-refractivity contribution in [1.29, 1.82) is 0 Å². The molecule has 0 amide bonds. The Morgan fingerprint density at radius 2 is 1.43 bits per heavy atom. The predicted molar refractivity (Wildman–Crippen MR) is 90.8 cm³/mol. The monoisotopic (exact) mass is 298 g/mol. The summed E-state index contributed by atoms with van der Waals surface area (Å²) in [6.45, 7) is 9.98. The summed E-state index contributed by atoms with van der Waals surface area (Å²) in [5.74, 6) is 0.811. The molecular weight excluding hydrogens is 260 g/mol. The summed E-state index contributed by atoms with van der Waals surface area (Å²) in [6.07, 6.45) is 13.7. The molecule has 2 nitrogen and oxygen atoms in total. The molecule has 0 N–H and O–H groups in total. The van der Waals surface area contributed by atoms with Gasteiger partial charge in [-0.2, -0.15) is 0 Å². The van der Waals surface area contributed by atoms with Crippen molar-refractivity contribution in [1.82, 2.24) is 0 Å². The number of hydrogen-bond donors (Lipinski definition) is 0. The minimum absolute atomic E-state index is 0.278. The fraction of sp³-hybridized carbons (Fsp3) is 1.00. The van der Waals surface area contributed by atoms with Crippen LogP contribution in [0.2, 0.25) is 0 Å². The fourth-order valence-electron chi connectivity index (χ4n) is 3.86. The van der Waals surface area contributed by atoms with Crippen LogP contribution in [-0.4, -0.2) is 26.4 Å². The molecule has 0 aromatic carbocycles. The molecule has 0 spiro atoms. The lowest BCUT2D eigenvalue weighted by molar-refractivity contribution is -0.0664. The minimum atomic E-state index is 0.278. The van der Waals surface area contributed by atoms with Crippen LogP contribution < -0.4 is 0 Å². The molecular formula is C19H38O2. The maximum Gasteiger partial charge on any atom is 0.0547 e. The highest BCUT2D eigenvalue weighted by Crippen LogP contribution is 2.43. The molecule has 1 rings (SSSR count). The minimum Gasteiger partial charge on any atom is -0.381 e. The van der Waals surface area contributed by atoms with Gasteiger partial charge in [0.15, 0.2) is 0 Å². The Morgan fingerprint density at radius 1 is 0.810 bits per heavy atom. The lowest BCUT2D eigenvalue weighted by Crippen LogP contribution is -2.41. The van der Waals surface area contributed by atoms with Crippen molar-refractivity contribution in [3.8, 4) is 0 Å². The van der Waals surface area contributed by atoms with Crippen LogP contribution in [0, 0.1) is 11.3 Å². The highest BCUT2D eigenvalue weighted by molar-refractivity contribution is 4.88. The third-order valence-electron chi connectivity index (χ3n) is 5.19. The van der Waals surface area contributed by atoms with E-state index in [-0.39, 0.29) is 5.41 Å². The Kier molecular flexibility index (Phi) is 10.4. The Morgan fingerprint density at radius 3 is 1.95 bits per heavy atom. The van der Waals surface area contributed by atoms with Gasteiger partial charge in [-0.1, -0.05) is 51.9 Å². The van der Waals surface area contributed by atoms with Gasteiger partial charge < -0.3 is 9.47 Å². The molecule has 0 saturated heterocycles. The Hall–Kier alpha value is -0.0800. The van der Waals surface area contributed by atoms with Crippen LogP contribution in [0.25, 0.3) is 0 Å². The molecule has 0 unspecified atom stereocenters. The standard InChI is InChI=1S/C19H38O2/c1-4-7-8-12-15-19(16-20-5-2,17-21-6-3)18-13-10-9-11-14-18/h18H,4-17H2,1-3H3. The zero-order chi connectivity index (χ0) is 15.4. The van der Waals surface area contributed by atoms with Gasteiger partial charge in [0, 0.05) is 18.6 Å². The SMILES string of the molecule is CCCCCCC(COCC)(COCC)C1CCCCC1. The van der Waals surface area contributed by atoms with Crippen LogP contribution in [0.1, 0.15) is 85.0 Å². The third-order valence-corrected chi connectivity index (χ3v) is 5.19. The van der Waals surface area contributed by atoms with Crippen molar-refractivity contribution in [2.24, 2.45) is 11.3 Å². The molecule has 0 aromatic heterocycles. The van der Waals surface area contributed by atoms with E-state index in [1.807, 2.05) is 0 Å². The molecule has 2 heteroatoms. The summed E-state index contributed by atoms with van der Waals surface area (Å²) in [4.78, 5) is 0. The van der Waals surface area contributed by atoms with Crippen LogP contribution in [0.3, 0.4) is 0 Å². The normalized spacial score (nSPS) is 17.3. The second-order valence-corrected chi connectivity index (χ2v) is 6.78. The fourth-order valence-corrected chi connectivity index (χ4v) is 3.86. The van der Waals surface area contributed by atoms with E-state index in [0.717, 1.165) is 32.3 Å². The van der Waals surface area contributed by atoms with Crippen LogP contribution >= 0.6 is 0 Å². The van der Waals surface area contributed by atoms with Crippen molar-refractivity contribution in [2.75, 3.05) is 26.4 Å². The number of hydrogen-bond acceptors (Lipinski definition) is 2. The van der Waals surface area contributed by atoms with Gasteiger partial charge in [0.1, 0.15) is 0 Å². The molecule has 0 radical (unpaired) electrons. The maximum absolute atomic E-state index is 5.93. The number of ether oxygens (including phenoxy) is 2. The second kappa shape index (κ2) is 11.5.